The third kappa shape index (κ3) is 10.6. The predicted octanol–water partition coefficient (Wildman–Crippen LogP) is 2.17. The van der Waals surface area contributed by atoms with E-state index in [1.165, 1.54) is 0 Å². The van der Waals surface area contributed by atoms with Gasteiger partial charge in [0.05, 0.1) is 88.6 Å². The van der Waals surface area contributed by atoms with Crippen molar-refractivity contribution in [1.82, 2.24) is 44.6 Å². The fourth-order valence-corrected chi connectivity index (χ4v) is 7.49. The van der Waals surface area contributed by atoms with E-state index in [1.54, 1.807) is 40.0 Å². The number of amides is 4. The number of rotatable bonds is 23. The number of carbonyl (C=O) groups excluding carboxylic acids is 4. The highest BCUT2D eigenvalue weighted by atomic mass is 16.5. The molecule has 3 aliphatic rings. The summed E-state index contributed by atoms with van der Waals surface area (Å²) in [5.74, 6) is -0.957. The van der Waals surface area contributed by atoms with Gasteiger partial charge in [0.2, 0.25) is 17.8 Å². The van der Waals surface area contributed by atoms with Gasteiger partial charge in [-0.05, 0) is 44.4 Å². The van der Waals surface area contributed by atoms with E-state index in [9.17, 15) is 19.2 Å². The van der Waals surface area contributed by atoms with Crippen LogP contribution in [-0.2, 0) is 42.1 Å². The molecule has 0 saturated carbocycles. The van der Waals surface area contributed by atoms with E-state index in [0.29, 0.717) is 64.4 Å². The minimum Gasteiger partial charge on any atom is -0.382 e. The van der Waals surface area contributed by atoms with Gasteiger partial charge in [0.25, 0.3) is 11.8 Å². The summed E-state index contributed by atoms with van der Waals surface area (Å²) in [7, 11) is 1.90. The molecule has 6 heterocycles. The predicted molar refractivity (Wildman–Crippen MR) is 220 cm³/mol. The van der Waals surface area contributed by atoms with E-state index in [2.05, 4.69) is 43.3 Å². The van der Waals surface area contributed by atoms with Gasteiger partial charge >= 0.3 is 0 Å². The minimum absolute atomic E-state index is 0.0638. The Labute approximate surface area is 347 Å². The molecule has 20 nitrogen and oxygen atoms in total. The van der Waals surface area contributed by atoms with Gasteiger partial charge in [-0.3, -0.25) is 43.7 Å². The van der Waals surface area contributed by atoms with Crippen LogP contribution >= 0.6 is 0 Å². The van der Waals surface area contributed by atoms with Crippen molar-refractivity contribution in [3.05, 3.63) is 47.9 Å². The van der Waals surface area contributed by atoms with Crippen LogP contribution in [0.5, 0.6) is 0 Å². The highest BCUT2D eigenvalue weighted by Gasteiger charge is 2.45. The molecule has 2 fully saturated rings. The molecule has 2 atom stereocenters. The Hall–Kier alpha value is -5.54. The van der Waals surface area contributed by atoms with Gasteiger partial charge in [0.1, 0.15) is 17.1 Å². The summed E-state index contributed by atoms with van der Waals surface area (Å²) in [5.41, 5.74) is 3.27. The molecule has 1 aromatic carbocycles. The standard InChI is InChI=1S/C40H54N12O8/c1-3-27(6-5-12-50-13-17-58-18-14-50)44-36-35-31(25-42-49(35)2)46-40(48-36)45-28-24-43-51(26-28)15-19-59-21-23-60-22-20-57-16-11-41-30-8-4-7-29-34(30)39(56)52(38(29)55)32-9-10-33(53)47-37(32)54/h4,7-8,24-27,32,41H,3,5-6,9-23H2,1-2H3,(H,47,53,54)(H2,44,45,46,48). The number of fused-ring (bicyclic) bond motifs is 2. The second-order valence-corrected chi connectivity index (χ2v) is 14.8. The van der Waals surface area contributed by atoms with E-state index >= 15 is 0 Å². The lowest BCUT2D eigenvalue weighted by molar-refractivity contribution is -0.136. The first-order valence-corrected chi connectivity index (χ1v) is 20.7. The maximum atomic E-state index is 13.2. The van der Waals surface area contributed by atoms with E-state index < -0.39 is 29.7 Å². The number of aryl methyl sites for hydroxylation is 1. The molecule has 322 valence electrons. The van der Waals surface area contributed by atoms with Crippen LogP contribution in [-0.4, -0.2) is 154 Å². The summed E-state index contributed by atoms with van der Waals surface area (Å²) in [4.78, 5) is 63.2. The number of hydrogen-bond donors (Lipinski definition) is 4. The number of aromatic nitrogens is 6. The van der Waals surface area contributed by atoms with Crippen LogP contribution in [0.3, 0.4) is 0 Å². The van der Waals surface area contributed by atoms with Crippen molar-refractivity contribution in [1.29, 1.82) is 0 Å². The summed E-state index contributed by atoms with van der Waals surface area (Å²) < 4.78 is 26.1. The average molecular weight is 831 g/mol. The largest absolute Gasteiger partial charge is 0.382 e. The topological polar surface area (TPSA) is 221 Å². The van der Waals surface area contributed by atoms with Crippen LogP contribution in [0.4, 0.5) is 23.1 Å². The lowest BCUT2D eigenvalue weighted by atomic mass is 10.0. The van der Waals surface area contributed by atoms with E-state index in [0.717, 1.165) is 79.5 Å². The first-order valence-electron chi connectivity index (χ1n) is 20.7. The van der Waals surface area contributed by atoms with Gasteiger partial charge < -0.3 is 34.9 Å². The van der Waals surface area contributed by atoms with E-state index in [-0.39, 0.29) is 30.0 Å². The monoisotopic (exact) mass is 830 g/mol. The van der Waals surface area contributed by atoms with Gasteiger partial charge in [-0.25, -0.2) is 4.98 Å². The molecule has 7 rings (SSSR count). The van der Waals surface area contributed by atoms with E-state index in [4.69, 9.17) is 28.9 Å². The normalized spacial score (nSPS) is 17.6. The van der Waals surface area contributed by atoms with Gasteiger partial charge in [-0.15, -0.1) is 0 Å². The fourth-order valence-electron chi connectivity index (χ4n) is 7.49. The van der Waals surface area contributed by atoms with Crippen molar-refractivity contribution < 1.29 is 38.1 Å². The van der Waals surface area contributed by atoms with Gasteiger partial charge in [-0.1, -0.05) is 13.0 Å². The van der Waals surface area contributed by atoms with Crippen molar-refractivity contribution in [2.75, 3.05) is 95.0 Å². The average Bonchev–Trinajstić information content (AvgIpc) is 3.93. The Morgan fingerprint density at radius 1 is 0.933 bits per heavy atom. The van der Waals surface area contributed by atoms with E-state index in [1.807, 2.05) is 13.2 Å². The number of morpholine rings is 1. The van der Waals surface area contributed by atoms with Gasteiger partial charge in [0.15, 0.2) is 5.82 Å². The number of anilines is 4. The maximum absolute atomic E-state index is 13.2. The molecule has 20 heteroatoms. The number of nitrogens with zero attached hydrogens (tertiary/aromatic N) is 8. The Morgan fingerprint density at radius 2 is 1.72 bits per heavy atom. The lowest BCUT2D eigenvalue weighted by Gasteiger charge is -2.27. The molecule has 3 aromatic heterocycles. The maximum Gasteiger partial charge on any atom is 0.264 e. The first-order chi connectivity index (χ1) is 29.3. The van der Waals surface area contributed by atoms with Crippen molar-refractivity contribution in [2.45, 2.75) is 57.7 Å². The number of imide groups is 2. The summed E-state index contributed by atoms with van der Waals surface area (Å²) in [6.45, 7) is 10.1. The van der Waals surface area contributed by atoms with Crippen LogP contribution in [0.2, 0.25) is 0 Å². The molecule has 60 heavy (non-hydrogen) atoms. The SMILES string of the molecule is CCC(CCCN1CCOCC1)Nc1nc(Nc2cnn(CCOCCOCCOCCNc3cccc4c3C(=O)N(C3CCC(=O)NC3=O)C4=O)c2)nc2cnn(C)c12. The third-order valence-electron chi connectivity index (χ3n) is 10.7. The summed E-state index contributed by atoms with van der Waals surface area (Å²) in [6, 6.07) is 4.18. The molecule has 3 aliphatic heterocycles. The molecule has 4 amide bonds. The van der Waals surface area contributed by atoms with Crippen molar-refractivity contribution >= 4 is 57.8 Å². The number of ether oxygens (including phenoxy) is 4. The molecule has 0 aliphatic carbocycles. The van der Waals surface area contributed by atoms with Crippen LogP contribution < -0.4 is 21.3 Å². The van der Waals surface area contributed by atoms with Crippen molar-refractivity contribution in [2.24, 2.45) is 7.05 Å². The Morgan fingerprint density at radius 3 is 2.50 bits per heavy atom. The molecule has 4 N–H and O–H groups in total. The smallest absolute Gasteiger partial charge is 0.264 e. The molecular weight excluding hydrogens is 777 g/mol. The molecule has 4 aromatic rings. The third-order valence-corrected chi connectivity index (χ3v) is 10.7. The van der Waals surface area contributed by atoms with Gasteiger partial charge in [-0.2, -0.15) is 15.2 Å². The summed E-state index contributed by atoms with van der Waals surface area (Å²) in [6.07, 6.45) is 8.62. The fraction of sp³-hybridized carbons (Fsp3) is 0.550. The zero-order valence-corrected chi connectivity index (χ0v) is 34.2. The molecule has 2 saturated heterocycles. The summed E-state index contributed by atoms with van der Waals surface area (Å²) >= 11 is 0. The van der Waals surface area contributed by atoms with Gasteiger partial charge in [0, 0.05) is 51.0 Å². The number of carbonyl (C=O) groups is 4. The Bertz CT molecular complexity index is 2120. The van der Waals surface area contributed by atoms with Crippen molar-refractivity contribution in [3.8, 4) is 0 Å². The quantitative estimate of drug-likeness (QED) is 0.0622. The van der Waals surface area contributed by atoms with Crippen LogP contribution in [0.25, 0.3) is 11.0 Å². The van der Waals surface area contributed by atoms with Crippen LogP contribution in [0.1, 0.15) is 59.7 Å². The number of hydrogen-bond acceptors (Lipinski definition) is 16. The van der Waals surface area contributed by atoms with Crippen LogP contribution in [0.15, 0.2) is 36.8 Å². The highest BCUT2D eigenvalue weighted by molar-refractivity contribution is 6.25. The molecule has 0 radical (unpaired) electrons. The second-order valence-electron chi connectivity index (χ2n) is 14.8. The first kappa shape index (κ1) is 42.6. The second kappa shape index (κ2) is 20.6. The number of piperidine rings is 1. The minimum atomic E-state index is -1.02. The zero-order valence-electron chi connectivity index (χ0n) is 34.2. The van der Waals surface area contributed by atoms with Crippen LogP contribution in [0, 0.1) is 0 Å². The molecule has 0 bridgehead atoms. The number of benzene rings is 1. The highest BCUT2D eigenvalue weighted by Crippen LogP contribution is 2.32. The lowest BCUT2D eigenvalue weighted by Crippen LogP contribution is -2.54. The Balaban J connectivity index is 0.766. The van der Waals surface area contributed by atoms with Crippen molar-refractivity contribution in [3.63, 3.8) is 0 Å². The summed E-state index contributed by atoms with van der Waals surface area (Å²) in [5, 5.41) is 21.2. The molecule has 2 unspecified atom stereocenters. The zero-order chi connectivity index (χ0) is 41.8. The molecule has 0 spiro atoms. The Kier molecular flexibility index (Phi) is 14.6. The molecular formula is C40H54N12O8. The number of nitrogens with one attached hydrogen (secondary N) is 4.